The Bertz CT molecular complexity index is 803. The number of hydrogen-bond donors (Lipinski definition) is 1. The van der Waals surface area contributed by atoms with Gasteiger partial charge in [-0.15, -0.1) is 0 Å². The summed E-state index contributed by atoms with van der Waals surface area (Å²) >= 11 is 0. The summed E-state index contributed by atoms with van der Waals surface area (Å²) in [6.07, 6.45) is 12.8. The molecule has 0 unspecified atom stereocenters. The second-order valence-corrected chi connectivity index (χ2v) is 7.09. The molecule has 0 aliphatic rings. The van der Waals surface area contributed by atoms with E-state index in [-0.39, 0.29) is 11.2 Å². The van der Waals surface area contributed by atoms with Gasteiger partial charge in [-0.05, 0) is 12.8 Å². The summed E-state index contributed by atoms with van der Waals surface area (Å²) in [6, 6.07) is 0. The van der Waals surface area contributed by atoms with Gasteiger partial charge >= 0.3 is 5.69 Å². The number of fused-ring (bicyclic) bond motifs is 1. The molecule has 7 nitrogen and oxygen atoms in total. The fourth-order valence-corrected chi connectivity index (χ4v) is 3.39. The van der Waals surface area contributed by atoms with Gasteiger partial charge in [0.1, 0.15) is 0 Å². The highest BCUT2D eigenvalue weighted by atomic mass is 16.3. The van der Waals surface area contributed by atoms with Crippen LogP contribution < -0.4 is 11.2 Å². The number of aryl methyl sites for hydroxylation is 2. The molecule has 0 saturated heterocycles. The van der Waals surface area contributed by atoms with Crippen molar-refractivity contribution in [1.82, 2.24) is 18.7 Å². The van der Waals surface area contributed by atoms with E-state index in [9.17, 15) is 9.59 Å². The largest absolute Gasteiger partial charge is 0.396 e. The molecule has 0 fully saturated rings. The molecule has 0 saturated carbocycles. The van der Waals surface area contributed by atoms with Gasteiger partial charge in [-0.2, -0.15) is 0 Å². The van der Waals surface area contributed by atoms with Crippen LogP contribution >= 0.6 is 0 Å². The third-order valence-electron chi connectivity index (χ3n) is 4.99. The molecule has 1 N–H and O–H groups in total. The minimum atomic E-state index is -0.288. The molecule has 0 amide bonds. The van der Waals surface area contributed by atoms with Gasteiger partial charge in [0.15, 0.2) is 11.2 Å². The van der Waals surface area contributed by atoms with Gasteiger partial charge in [-0.25, -0.2) is 9.78 Å². The topological polar surface area (TPSA) is 82.1 Å². The van der Waals surface area contributed by atoms with Gasteiger partial charge in [-0.1, -0.05) is 51.4 Å². The van der Waals surface area contributed by atoms with Gasteiger partial charge in [-0.3, -0.25) is 13.9 Å². The van der Waals surface area contributed by atoms with Crippen molar-refractivity contribution in [2.24, 2.45) is 14.1 Å². The molecular weight excluding hydrogens is 332 g/mol. The standard InChI is InChI=1S/C19H32N4O3/c1-21-15-20-17-16(21)18(25)23(19(26)22(17)2)13-11-9-7-5-3-4-6-8-10-12-14-24/h15,24H,3-14H2,1-2H3. The van der Waals surface area contributed by atoms with Crippen LogP contribution in [0.2, 0.25) is 0 Å². The predicted molar refractivity (Wildman–Crippen MR) is 103 cm³/mol. The first-order valence-corrected chi connectivity index (χ1v) is 9.79. The van der Waals surface area contributed by atoms with Crippen LogP contribution in [0.3, 0.4) is 0 Å². The van der Waals surface area contributed by atoms with E-state index in [1.807, 2.05) is 0 Å². The van der Waals surface area contributed by atoms with E-state index in [1.165, 1.54) is 41.2 Å². The van der Waals surface area contributed by atoms with E-state index >= 15 is 0 Å². The summed E-state index contributed by atoms with van der Waals surface area (Å²) in [5, 5.41) is 8.73. The summed E-state index contributed by atoms with van der Waals surface area (Å²) in [5.74, 6) is 0. The number of aliphatic hydroxyl groups is 1. The average Bonchev–Trinajstić information content (AvgIpc) is 3.02. The summed E-state index contributed by atoms with van der Waals surface area (Å²) in [6.45, 7) is 0.771. The maximum absolute atomic E-state index is 12.6. The molecule has 0 bridgehead atoms. The highest BCUT2D eigenvalue weighted by Gasteiger charge is 2.14. The summed E-state index contributed by atoms with van der Waals surface area (Å²) in [5.41, 5.74) is 0.390. The van der Waals surface area contributed by atoms with E-state index in [4.69, 9.17) is 5.11 Å². The maximum atomic E-state index is 12.6. The van der Waals surface area contributed by atoms with Gasteiger partial charge in [0, 0.05) is 27.2 Å². The van der Waals surface area contributed by atoms with E-state index < -0.39 is 0 Å². The van der Waals surface area contributed by atoms with Crippen molar-refractivity contribution in [1.29, 1.82) is 0 Å². The Morgan fingerprint density at radius 3 is 2.00 bits per heavy atom. The van der Waals surface area contributed by atoms with Crippen molar-refractivity contribution in [2.75, 3.05) is 6.61 Å². The molecule has 2 aromatic heterocycles. The first kappa shape index (κ1) is 20.4. The summed E-state index contributed by atoms with van der Waals surface area (Å²) < 4.78 is 4.47. The van der Waals surface area contributed by atoms with Crippen LogP contribution in [0, 0.1) is 0 Å². The Morgan fingerprint density at radius 1 is 0.885 bits per heavy atom. The molecule has 0 aliphatic carbocycles. The molecule has 2 heterocycles. The zero-order valence-corrected chi connectivity index (χ0v) is 16.1. The number of imidazole rings is 1. The predicted octanol–water partition coefficient (Wildman–Crippen LogP) is 2.33. The Labute approximate surface area is 154 Å². The van der Waals surface area contributed by atoms with Gasteiger partial charge < -0.3 is 9.67 Å². The smallest absolute Gasteiger partial charge is 0.332 e. The van der Waals surface area contributed by atoms with Crippen LogP contribution in [0.1, 0.15) is 64.2 Å². The van der Waals surface area contributed by atoms with Crippen molar-refractivity contribution in [3.05, 3.63) is 27.2 Å². The first-order chi connectivity index (χ1) is 12.6. The average molecular weight is 364 g/mol. The Kier molecular flexibility index (Phi) is 8.09. The number of rotatable bonds is 12. The zero-order valence-electron chi connectivity index (χ0n) is 16.1. The number of hydrogen-bond acceptors (Lipinski definition) is 4. The number of aliphatic hydroxyl groups excluding tert-OH is 1. The molecule has 0 spiro atoms. The SMILES string of the molecule is Cn1cnc2c1c(=O)n(CCCCCCCCCCCCO)c(=O)n2C. The van der Waals surface area contributed by atoms with Gasteiger partial charge in [0.25, 0.3) is 5.56 Å². The highest BCUT2D eigenvalue weighted by molar-refractivity contribution is 5.69. The second-order valence-electron chi connectivity index (χ2n) is 7.09. The van der Waals surface area contributed by atoms with Crippen LogP contribution in [0.15, 0.2) is 15.9 Å². The Morgan fingerprint density at radius 2 is 1.42 bits per heavy atom. The maximum Gasteiger partial charge on any atom is 0.332 e. The molecule has 0 atom stereocenters. The fourth-order valence-electron chi connectivity index (χ4n) is 3.39. The van der Waals surface area contributed by atoms with Crippen LogP contribution in [-0.2, 0) is 20.6 Å². The van der Waals surface area contributed by atoms with E-state index in [1.54, 1.807) is 25.0 Å². The van der Waals surface area contributed by atoms with Crippen molar-refractivity contribution < 1.29 is 5.11 Å². The molecule has 26 heavy (non-hydrogen) atoms. The van der Waals surface area contributed by atoms with Crippen LogP contribution in [0.4, 0.5) is 0 Å². The van der Waals surface area contributed by atoms with Gasteiger partial charge in [0.2, 0.25) is 0 Å². The van der Waals surface area contributed by atoms with E-state index in [2.05, 4.69) is 4.98 Å². The van der Waals surface area contributed by atoms with Crippen molar-refractivity contribution in [3.63, 3.8) is 0 Å². The number of nitrogens with zero attached hydrogens (tertiary/aromatic N) is 4. The van der Waals surface area contributed by atoms with E-state index in [0.717, 1.165) is 32.1 Å². The zero-order chi connectivity index (χ0) is 18.9. The lowest BCUT2D eigenvalue weighted by Gasteiger charge is -2.08. The molecule has 2 rings (SSSR count). The molecule has 0 aromatic carbocycles. The quantitative estimate of drug-likeness (QED) is 0.586. The Balaban J connectivity index is 1.74. The monoisotopic (exact) mass is 364 g/mol. The lowest BCUT2D eigenvalue weighted by molar-refractivity contribution is 0.282. The normalized spacial score (nSPS) is 11.5. The Hall–Kier alpha value is -1.89. The summed E-state index contributed by atoms with van der Waals surface area (Å²) in [4.78, 5) is 29.1. The van der Waals surface area contributed by atoms with Crippen LogP contribution in [0.25, 0.3) is 11.2 Å². The van der Waals surface area contributed by atoms with Crippen LogP contribution in [-0.4, -0.2) is 30.4 Å². The third-order valence-corrected chi connectivity index (χ3v) is 4.99. The molecule has 7 heteroatoms. The van der Waals surface area contributed by atoms with Crippen LogP contribution in [0.5, 0.6) is 0 Å². The fraction of sp³-hybridized carbons (Fsp3) is 0.737. The van der Waals surface area contributed by atoms with E-state index in [0.29, 0.717) is 24.3 Å². The highest BCUT2D eigenvalue weighted by Crippen LogP contribution is 2.11. The summed E-state index contributed by atoms with van der Waals surface area (Å²) in [7, 11) is 3.43. The minimum absolute atomic E-state index is 0.244. The van der Waals surface area contributed by atoms with Gasteiger partial charge in [0.05, 0.1) is 6.33 Å². The molecule has 0 aliphatic heterocycles. The molecule has 146 valence electrons. The first-order valence-electron chi connectivity index (χ1n) is 9.79. The molecule has 0 radical (unpaired) electrons. The lowest BCUT2D eigenvalue weighted by Crippen LogP contribution is -2.39. The third kappa shape index (κ3) is 5.06. The molecule has 2 aromatic rings. The lowest BCUT2D eigenvalue weighted by atomic mass is 10.1. The number of aromatic nitrogens is 4. The van der Waals surface area contributed by atoms with Crippen molar-refractivity contribution >= 4 is 11.2 Å². The van der Waals surface area contributed by atoms with Crippen molar-refractivity contribution in [3.8, 4) is 0 Å². The number of unbranched alkanes of at least 4 members (excludes halogenated alkanes) is 9. The molecular formula is C19H32N4O3. The minimum Gasteiger partial charge on any atom is -0.396 e. The van der Waals surface area contributed by atoms with Crippen molar-refractivity contribution in [2.45, 2.75) is 70.8 Å². The second kappa shape index (κ2) is 10.3.